The third-order valence-electron chi connectivity index (χ3n) is 2.73. The summed E-state index contributed by atoms with van der Waals surface area (Å²) in [6, 6.07) is 11.1. The Hall–Kier alpha value is -2.20. The van der Waals surface area contributed by atoms with E-state index in [0.29, 0.717) is 6.54 Å². The minimum atomic E-state index is -0.607. The molecule has 0 spiro atoms. The smallest absolute Gasteiger partial charge is 0.118 e. The van der Waals surface area contributed by atoms with E-state index in [2.05, 4.69) is 9.98 Å². The van der Waals surface area contributed by atoms with Crippen LogP contribution in [0.5, 0.6) is 5.75 Å². The van der Waals surface area contributed by atoms with Crippen LogP contribution in [0.3, 0.4) is 0 Å². The summed E-state index contributed by atoms with van der Waals surface area (Å²) in [5, 5.41) is 10.00. The van der Waals surface area contributed by atoms with Gasteiger partial charge in [-0.1, -0.05) is 12.1 Å². The van der Waals surface area contributed by atoms with Crippen molar-refractivity contribution < 1.29 is 9.84 Å². The zero-order valence-electron chi connectivity index (χ0n) is 10.7. The molecule has 0 aliphatic carbocycles. The fourth-order valence-corrected chi connectivity index (χ4v) is 1.64. The highest BCUT2D eigenvalue weighted by molar-refractivity contribution is 5.79. The van der Waals surface area contributed by atoms with Crippen LogP contribution in [0.2, 0.25) is 0 Å². The monoisotopic (exact) mass is 256 g/mol. The average molecular weight is 256 g/mol. The Kier molecular flexibility index (Phi) is 4.64. The first kappa shape index (κ1) is 13.2. The molecule has 1 aromatic carbocycles. The van der Waals surface area contributed by atoms with E-state index in [9.17, 15) is 5.11 Å². The van der Waals surface area contributed by atoms with Crippen LogP contribution in [0.4, 0.5) is 0 Å². The molecule has 0 saturated carbocycles. The molecule has 1 N–H and O–H groups in total. The van der Waals surface area contributed by atoms with Gasteiger partial charge in [0.2, 0.25) is 0 Å². The molecule has 0 fully saturated rings. The lowest BCUT2D eigenvalue weighted by Crippen LogP contribution is -2.01. The molecule has 0 bridgehead atoms. The van der Waals surface area contributed by atoms with E-state index >= 15 is 0 Å². The first-order valence-corrected chi connectivity index (χ1v) is 6.01. The van der Waals surface area contributed by atoms with Gasteiger partial charge >= 0.3 is 0 Å². The summed E-state index contributed by atoms with van der Waals surface area (Å²) in [5.41, 5.74) is 1.80. The lowest BCUT2D eigenvalue weighted by molar-refractivity contribution is 0.187. The van der Waals surface area contributed by atoms with E-state index in [-0.39, 0.29) is 0 Å². The van der Waals surface area contributed by atoms with Gasteiger partial charge in [-0.05, 0) is 35.4 Å². The molecule has 0 amide bonds. The highest BCUT2D eigenvalue weighted by Crippen LogP contribution is 2.17. The highest BCUT2D eigenvalue weighted by atomic mass is 16.5. The Balaban J connectivity index is 1.93. The molecule has 98 valence electrons. The summed E-state index contributed by atoms with van der Waals surface area (Å²) in [5.74, 6) is 0.774. The number of aliphatic hydroxyl groups excluding tert-OH is 1. The van der Waals surface area contributed by atoms with Crippen molar-refractivity contribution in [3.8, 4) is 5.75 Å². The van der Waals surface area contributed by atoms with Crippen molar-refractivity contribution in [3.05, 3.63) is 59.9 Å². The summed E-state index contributed by atoms with van der Waals surface area (Å²) < 4.78 is 5.07. The Morgan fingerprint density at radius 3 is 2.53 bits per heavy atom. The van der Waals surface area contributed by atoms with E-state index in [1.807, 2.05) is 36.4 Å². The predicted molar refractivity (Wildman–Crippen MR) is 74.7 cm³/mol. The summed E-state index contributed by atoms with van der Waals surface area (Å²) in [4.78, 5) is 8.16. The van der Waals surface area contributed by atoms with Gasteiger partial charge in [-0.25, -0.2) is 0 Å². The highest BCUT2D eigenvalue weighted by Gasteiger charge is 2.05. The number of hydrogen-bond donors (Lipinski definition) is 1. The third kappa shape index (κ3) is 3.89. The van der Waals surface area contributed by atoms with Crippen molar-refractivity contribution in [2.75, 3.05) is 13.7 Å². The Bertz CT molecular complexity index is 524. The van der Waals surface area contributed by atoms with Crippen LogP contribution in [0, 0.1) is 0 Å². The summed E-state index contributed by atoms with van der Waals surface area (Å²) in [7, 11) is 1.62. The SMILES string of the molecule is COc1ccc([C@H](O)CN=Cc2ccncc2)cc1. The van der Waals surface area contributed by atoms with Gasteiger partial charge in [0.15, 0.2) is 0 Å². The van der Waals surface area contributed by atoms with Crippen LogP contribution < -0.4 is 4.74 Å². The molecule has 0 aliphatic rings. The Morgan fingerprint density at radius 2 is 1.89 bits per heavy atom. The minimum Gasteiger partial charge on any atom is -0.497 e. The zero-order chi connectivity index (χ0) is 13.5. The molecule has 4 heteroatoms. The van der Waals surface area contributed by atoms with Crippen molar-refractivity contribution >= 4 is 6.21 Å². The maximum atomic E-state index is 10.00. The van der Waals surface area contributed by atoms with Crippen molar-refractivity contribution in [1.29, 1.82) is 0 Å². The number of aromatic nitrogens is 1. The second-order valence-corrected chi connectivity index (χ2v) is 4.06. The van der Waals surface area contributed by atoms with Gasteiger partial charge < -0.3 is 9.84 Å². The number of aliphatic imine (C=N–C) groups is 1. The number of rotatable bonds is 5. The summed E-state index contributed by atoms with van der Waals surface area (Å²) >= 11 is 0. The number of hydrogen-bond acceptors (Lipinski definition) is 4. The topological polar surface area (TPSA) is 54.7 Å². The molecule has 2 aromatic rings. The van der Waals surface area contributed by atoms with Crippen molar-refractivity contribution in [2.24, 2.45) is 4.99 Å². The predicted octanol–water partition coefficient (Wildman–Crippen LogP) is 2.24. The van der Waals surface area contributed by atoms with E-state index in [4.69, 9.17) is 4.74 Å². The van der Waals surface area contributed by atoms with Crippen LogP contribution in [0.1, 0.15) is 17.2 Å². The zero-order valence-corrected chi connectivity index (χ0v) is 10.7. The van der Waals surface area contributed by atoms with Crippen LogP contribution in [0.15, 0.2) is 53.8 Å². The molecule has 0 radical (unpaired) electrons. The molecule has 1 heterocycles. The minimum absolute atomic E-state index is 0.328. The fourth-order valence-electron chi connectivity index (χ4n) is 1.64. The molecular formula is C15H16N2O2. The molecule has 0 saturated heterocycles. The Labute approximate surface area is 112 Å². The second-order valence-electron chi connectivity index (χ2n) is 4.06. The van der Waals surface area contributed by atoms with Crippen LogP contribution in [-0.2, 0) is 0 Å². The van der Waals surface area contributed by atoms with Gasteiger partial charge in [-0.2, -0.15) is 0 Å². The lowest BCUT2D eigenvalue weighted by Gasteiger charge is -2.08. The number of benzene rings is 1. The first-order chi connectivity index (χ1) is 9.29. The van der Waals surface area contributed by atoms with Crippen LogP contribution in [0.25, 0.3) is 0 Å². The largest absolute Gasteiger partial charge is 0.497 e. The fraction of sp³-hybridized carbons (Fsp3) is 0.200. The van der Waals surface area contributed by atoms with Gasteiger partial charge in [0, 0.05) is 18.6 Å². The molecule has 19 heavy (non-hydrogen) atoms. The normalized spacial score (nSPS) is 12.5. The van der Waals surface area contributed by atoms with Gasteiger partial charge in [0.25, 0.3) is 0 Å². The molecular weight excluding hydrogens is 240 g/mol. The van der Waals surface area contributed by atoms with Gasteiger partial charge in [0.1, 0.15) is 5.75 Å². The quantitative estimate of drug-likeness (QED) is 0.835. The molecule has 4 nitrogen and oxygen atoms in total. The first-order valence-electron chi connectivity index (χ1n) is 6.01. The standard InChI is InChI=1S/C15H16N2O2/c1-19-14-4-2-13(3-5-14)15(18)11-17-10-12-6-8-16-9-7-12/h2-10,15,18H,11H2,1H3/t15-/m1/s1. The van der Waals surface area contributed by atoms with Crippen molar-refractivity contribution in [2.45, 2.75) is 6.10 Å². The maximum absolute atomic E-state index is 10.00. The van der Waals surface area contributed by atoms with Gasteiger partial charge in [-0.15, -0.1) is 0 Å². The average Bonchev–Trinajstić information content (AvgIpc) is 2.48. The van der Waals surface area contributed by atoms with Crippen molar-refractivity contribution in [3.63, 3.8) is 0 Å². The maximum Gasteiger partial charge on any atom is 0.118 e. The van der Waals surface area contributed by atoms with Crippen LogP contribution >= 0.6 is 0 Å². The number of pyridine rings is 1. The number of aliphatic hydroxyl groups is 1. The summed E-state index contributed by atoms with van der Waals surface area (Å²) in [6.45, 7) is 0.328. The van der Waals surface area contributed by atoms with E-state index in [1.54, 1.807) is 25.7 Å². The summed E-state index contributed by atoms with van der Waals surface area (Å²) in [6.07, 6.45) is 4.54. The third-order valence-corrected chi connectivity index (χ3v) is 2.73. The molecule has 0 aliphatic heterocycles. The second kappa shape index (κ2) is 6.66. The van der Waals surface area contributed by atoms with Gasteiger partial charge in [0.05, 0.1) is 19.8 Å². The van der Waals surface area contributed by atoms with E-state index < -0.39 is 6.10 Å². The van der Waals surface area contributed by atoms with E-state index in [0.717, 1.165) is 16.9 Å². The van der Waals surface area contributed by atoms with Gasteiger partial charge in [-0.3, -0.25) is 9.98 Å². The van der Waals surface area contributed by atoms with E-state index in [1.165, 1.54) is 0 Å². The molecule has 2 rings (SSSR count). The Morgan fingerprint density at radius 1 is 1.21 bits per heavy atom. The van der Waals surface area contributed by atoms with Crippen LogP contribution in [-0.4, -0.2) is 30.0 Å². The number of nitrogens with zero attached hydrogens (tertiary/aromatic N) is 2. The number of methoxy groups -OCH3 is 1. The molecule has 0 unspecified atom stereocenters. The molecule has 1 aromatic heterocycles. The molecule has 1 atom stereocenters. The lowest BCUT2D eigenvalue weighted by atomic mass is 10.1. The number of ether oxygens (including phenoxy) is 1. The van der Waals surface area contributed by atoms with Crippen molar-refractivity contribution in [1.82, 2.24) is 4.98 Å².